The van der Waals surface area contributed by atoms with E-state index in [1.165, 1.54) is 7.11 Å². The Morgan fingerprint density at radius 1 is 1.32 bits per heavy atom. The average molecular weight is 449 g/mol. The van der Waals surface area contributed by atoms with Crippen LogP contribution in [0.15, 0.2) is 34.9 Å². The highest BCUT2D eigenvalue weighted by Gasteiger charge is 2.36. The number of carbonyl (C=O) groups is 2. The monoisotopic (exact) mass is 448 g/mol. The third-order valence-electron chi connectivity index (χ3n) is 5.00. The summed E-state index contributed by atoms with van der Waals surface area (Å²) in [5, 5.41) is 2.67. The van der Waals surface area contributed by atoms with Gasteiger partial charge in [0.25, 0.3) is 0 Å². The van der Waals surface area contributed by atoms with Gasteiger partial charge in [0.2, 0.25) is 5.91 Å². The van der Waals surface area contributed by atoms with Gasteiger partial charge in [-0.25, -0.2) is 9.78 Å². The van der Waals surface area contributed by atoms with Crippen molar-refractivity contribution in [3.63, 3.8) is 0 Å². The number of H-pyrrole nitrogens is 1. The van der Waals surface area contributed by atoms with Crippen LogP contribution in [0.25, 0.3) is 11.4 Å². The van der Waals surface area contributed by atoms with Gasteiger partial charge in [-0.3, -0.25) is 4.79 Å². The van der Waals surface area contributed by atoms with Crippen molar-refractivity contribution in [1.82, 2.24) is 20.2 Å². The number of benzene rings is 1. The number of aromatic amines is 1. The number of alkyl carbamates (subject to hydrolysis) is 1. The maximum Gasteiger partial charge on any atom is 0.407 e. The first kappa shape index (κ1) is 20.4. The molecule has 28 heavy (non-hydrogen) atoms. The lowest BCUT2D eigenvalue weighted by molar-refractivity contribution is -0.135. The Labute approximate surface area is 173 Å². The fraction of sp³-hybridized carbons (Fsp3) is 0.450. The quantitative estimate of drug-likeness (QED) is 0.726. The lowest BCUT2D eigenvalue weighted by Crippen LogP contribution is -2.51. The number of carbonyl (C=O) groups excluding carboxylic acids is 2. The molecule has 2 amide bonds. The summed E-state index contributed by atoms with van der Waals surface area (Å²) in [4.78, 5) is 34.5. The number of rotatable bonds is 5. The van der Waals surface area contributed by atoms with E-state index in [9.17, 15) is 9.59 Å². The van der Waals surface area contributed by atoms with E-state index in [0.29, 0.717) is 6.54 Å². The van der Waals surface area contributed by atoms with Crippen molar-refractivity contribution in [2.24, 2.45) is 5.92 Å². The van der Waals surface area contributed by atoms with Crippen LogP contribution in [-0.2, 0) is 9.53 Å². The standard InChI is InChI=1S/C20H25BrN4O3/c1-12(2)17(24-20(27)28-3)19(26)25-10-4-5-16(25)15-11-22-18(23-15)13-6-8-14(21)9-7-13/h6-9,11-12,16-17H,4-5,10H2,1-3H3,(H,22,23)(H,24,27)/t16-,17-/m0/s1. The summed E-state index contributed by atoms with van der Waals surface area (Å²) in [7, 11) is 1.30. The summed E-state index contributed by atoms with van der Waals surface area (Å²) in [6.07, 6.45) is 2.97. The lowest BCUT2D eigenvalue weighted by Gasteiger charge is -2.30. The predicted molar refractivity (Wildman–Crippen MR) is 110 cm³/mol. The Hall–Kier alpha value is -2.35. The van der Waals surface area contributed by atoms with Crippen LogP contribution >= 0.6 is 15.9 Å². The number of aromatic nitrogens is 2. The molecule has 2 atom stereocenters. The fourth-order valence-electron chi connectivity index (χ4n) is 3.49. The molecule has 150 valence electrons. The molecule has 1 aliphatic heterocycles. The molecule has 1 aromatic heterocycles. The van der Waals surface area contributed by atoms with Gasteiger partial charge in [-0.05, 0) is 30.9 Å². The van der Waals surface area contributed by atoms with Gasteiger partial charge in [0.05, 0.1) is 25.0 Å². The molecule has 0 spiro atoms. The van der Waals surface area contributed by atoms with Gasteiger partial charge in [0.1, 0.15) is 11.9 Å². The summed E-state index contributed by atoms with van der Waals surface area (Å²) in [5.74, 6) is 0.630. The van der Waals surface area contributed by atoms with Gasteiger partial charge < -0.3 is 19.9 Å². The molecule has 0 unspecified atom stereocenters. The van der Waals surface area contributed by atoms with Crippen LogP contribution in [0, 0.1) is 5.92 Å². The van der Waals surface area contributed by atoms with Crippen LogP contribution in [0.2, 0.25) is 0 Å². The molecule has 1 aliphatic rings. The Balaban J connectivity index is 1.79. The van der Waals surface area contributed by atoms with Crippen molar-refractivity contribution < 1.29 is 14.3 Å². The zero-order chi connectivity index (χ0) is 20.3. The smallest absolute Gasteiger partial charge is 0.407 e. The van der Waals surface area contributed by atoms with Crippen LogP contribution in [-0.4, -0.2) is 46.6 Å². The molecule has 0 saturated carbocycles. The molecule has 0 bridgehead atoms. The number of imidazole rings is 1. The number of nitrogens with zero attached hydrogens (tertiary/aromatic N) is 2. The Bertz CT molecular complexity index is 834. The van der Waals surface area contributed by atoms with Crippen LogP contribution in [0.4, 0.5) is 4.79 Å². The molecular formula is C20H25BrN4O3. The number of ether oxygens (including phenoxy) is 1. The molecule has 1 aromatic carbocycles. The second-order valence-electron chi connectivity index (χ2n) is 7.24. The Morgan fingerprint density at radius 3 is 2.68 bits per heavy atom. The van der Waals surface area contributed by atoms with E-state index in [2.05, 4.69) is 36.0 Å². The van der Waals surface area contributed by atoms with Crippen LogP contribution in [0.5, 0.6) is 0 Å². The summed E-state index contributed by atoms with van der Waals surface area (Å²) in [6.45, 7) is 4.47. The van der Waals surface area contributed by atoms with E-state index >= 15 is 0 Å². The predicted octanol–water partition coefficient (Wildman–Crippen LogP) is 3.88. The topological polar surface area (TPSA) is 87.3 Å². The minimum atomic E-state index is -0.623. The molecular weight excluding hydrogens is 424 g/mol. The van der Waals surface area contributed by atoms with E-state index in [0.717, 1.165) is 34.4 Å². The molecule has 3 rings (SSSR count). The molecule has 8 heteroatoms. The Kier molecular flexibility index (Phi) is 6.39. The van der Waals surface area contributed by atoms with Crippen molar-refractivity contribution in [1.29, 1.82) is 0 Å². The molecule has 1 saturated heterocycles. The van der Waals surface area contributed by atoms with Crippen molar-refractivity contribution in [3.8, 4) is 11.4 Å². The van der Waals surface area contributed by atoms with Crippen molar-refractivity contribution in [3.05, 3.63) is 40.6 Å². The van der Waals surface area contributed by atoms with Crippen molar-refractivity contribution >= 4 is 27.9 Å². The largest absolute Gasteiger partial charge is 0.453 e. The molecule has 0 radical (unpaired) electrons. The summed E-state index contributed by atoms with van der Waals surface area (Å²) >= 11 is 3.43. The van der Waals surface area contributed by atoms with Gasteiger partial charge in [-0.15, -0.1) is 0 Å². The fourth-order valence-corrected chi connectivity index (χ4v) is 3.76. The van der Waals surface area contributed by atoms with Gasteiger partial charge in [-0.2, -0.15) is 0 Å². The Morgan fingerprint density at radius 2 is 2.04 bits per heavy atom. The van der Waals surface area contributed by atoms with E-state index < -0.39 is 12.1 Å². The molecule has 0 aliphatic carbocycles. The number of amides is 2. The minimum Gasteiger partial charge on any atom is -0.453 e. The molecule has 7 nitrogen and oxygen atoms in total. The van der Waals surface area contributed by atoms with E-state index in [1.54, 1.807) is 6.20 Å². The zero-order valence-corrected chi connectivity index (χ0v) is 17.8. The van der Waals surface area contributed by atoms with Crippen LogP contribution < -0.4 is 5.32 Å². The van der Waals surface area contributed by atoms with E-state index in [-0.39, 0.29) is 17.9 Å². The van der Waals surface area contributed by atoms with Gasteiger partial charge in [0.15, 0.2) is 0 Å². The van der Waals surface area contributed by atoms with Crippen LogP contribution in [0.1, 0.15) is 38.4 Å². The number of methoxy groups -OCH3 is 1. The zero-order valence-electron chi connectivity index (χ0n) is 16.2. The van der Waals surface area contributed by atoms with Gasteiger partial charge >= 0.3 is 6.09 Å². The maximum atomic E-state index is 13.2. The lowest BCUT2D eigenvalue weighted by atomic mass is 10.0. The number of halogens is 1. The number of hydrogen-bond donors (Lipinski definition) is 2. The molecule has 2 N–H and O–H groups in total. The first-order chi connectivity index (χ1) is 13.4. The third kappa shape index (κ3) is 4.38. The summed E-state index contributed by atoms with van der Waals surface area (Å²) in [6, 6.07) is 7.20. The highest BCUT2D eigenvalue weighted by Crippen LogP contribution is 2.33. The number of likely N-dealkylation sites (tertiary alicyclic amines) is 1. The van der Waals surface area contributed by atoms with Crippen LogP contribution in [0.3, 0.4) is 0 Å². The second-order valence-corrected chi connectivity index (χ2v) is 8.16. The van der Waals surface area contributed by atoms with E-state index in [1.807, 2.05) is 43.0 Å². The third-order valence-corrected chi connectivity index (χ3v) is 5.53. The molecule has 2 heterocycles. The van der Waals surface area contributed by atoms with Crippen molar-refractivity contribution in [2.45, 2.75) is 38.8 Å². The molecule has 2 aromatic rings. The summed E-state index contributed by atoms with van der Waals surface area (Å²) in [5.41, 5.74) is 1.89. The number of hydrogen-bond acceptors (Lipinski definition) is 4. The van der Waals surface area contributed by atoms with E-state index in [4.69, 9.17) is 0 Å². The number of nitrogens with one attached hydrogen (secondary N) is 2. The van der Waals surface area contributed by atoms with Crippen molar-refractivity contribution in [2.75, 3.05) is 13.7 Å². The maximum absolute atomic E-state index is 13.2. The SMILES string of the molecule is COC(=O)N[C@H](C(=O)N1CCC[C@H]1c1cnc(-c2ccc(Br)cc2)[nH]1)C(C)C. The average Bonchev–Trinajstić information content (AvgIpc) is 3.34. The first-order valence-corrected chi connectivity index (χ1v) is 10.2. The highest BCUT2D eigenvalue weighted by molar-refractivity contribution is 9.10. The van der Waals surface area contributed by atoms with Gasteiger partial charge in [-0.1, -0.05) is 41.9 Å². The van der Waals surface area contributed by atoms with Gasteiger partial charge in [0, 0.05) is 16.6 Å². The normalized spacial score (nSPS) is 17.6. The molecule has 1 fully saturated rings. The highest BCUT2D eigenvalue weighted by atomic mass is 79.9. The first-order valence-electron chi connectivity index (χ1n) is 9.36. The minimum absolute atomic E-state index is 0.0482. The second kappa shape index (κ2) is 8.77. The summed E-state index contributed by atoms with van der Waals surface area (Å²) < 4.78 is 5.68.